The molecule has 4 nitrogen and oxygen atoms in total. The molecule has 0 aliphatic carbocycles. The number of nitrogens with zero attached hydrogens (tertiary/aromatic N) is 1. The third-order valence-corrected chi connectivity index (χ3v) is 4.62. The van der Waals surface area contributed by atoms with Gasteiger partial charge in [0.1, 0.15) is 15.5 Å². The van der Waals surface area contributed by atoms with Crippen LogP contribution in [-0.4, -0.2) is 22.7 Å². The smallest absolute Gasteiger partial charge is 0.347 e. The van der Waals surface area contributed by atoms with E-state index in [4.69, 9.17) is 4.74 Å². The van der Waals surface area contributed by atoms with Crippen molar-refractivity contribution in [1.82, 2.24) is 4.98 Å². The summed E-state index contributed by atoms with van der Waals surface area (Å²) in [5, 5.41) is 10.0. The minimum Gasteiger partial charge on any atom is -0.477 e. The van der Waals surface area contributed by atoms with Crippen molar-refractivity contribution < 1.29 is 14.6 Å². The molecule has 18 heavy (non-hydrogen) atoms. The number of hydrogen-bond acceptors (Lipinski definition) is 4. The van der Waals surface area contributed by atoms with Gasteiger partial charge in [-0.3, -0.25) is 0 Å². The number of rotatable bonds is 3. The highest BCUT2D eigenvalue weighted by Gasteiger charge is 2.35. The van der Waals surface area contributed by atoms with Gasteiger partial charge in [0.2, 0.25) is 0 Å². The van der Waals surface area contributed by atoms with Crippen LogP contribution < -0.4 is 0 Å². The van der Waals surface area contributed by atoms with Crippen LogP contribution in [-0.2, 0) is 10.3 Å². The lowest BCUT2D eigenvalue weighted by Gasteiger charge is -2.31. The number of aromatic carboxylic acids is 1. The van der Waals surface area contributed by atoms with Gasteiger partial charge in [-0.1, -0.05) is 13.8 Å². The Bertz CT molecular complexity index is 447. The van der Waals surface area contributed by atoms with Crippen LogP contribution >= 0.6 is 11.3 Å². The van der Waals surface area contributed by atoms with Crippen LogP contribution in [0.4, 0.5) is 0 Å². The summed E-state index contributed by atoms with van der Waals surface area (Å²) in [6.07, 6.45) is 3.09. The molecule has 0 spiro atoms. The van der Waals surface area contributed by atoms with E-state index >= 15 is 0 Å². The molecular weight excluding hydrogens is 250 g/mol. The molecule has 0 aromatic carbocycles. The van der Waals surface area contributed by atoms with Crippen molar-refractivity contribution in [1.29, 1.82) is 0 Å². The molecule has 100 valence electrons. The van der Waals surface area contributed by atoms with Gasteiger partial charge in [0.15, 0.2) is 0 Å². The third-order valence-electron chi connectivity index (χ3n) is 3.32. The van der Waals surface area contributed by atoms with Crippen molar-refractivity contribution in [2.75, 3.05) is 6.61 Å². The first-order valence-corrected chi connectivity index (χ1v) is 7.14. The van der Waals surface area contributed by atoms with Crippen molar-refractivity contribution in [3.63, 3.8) is 0 Å². The fourth-order valence-electron chi connectivity index (χ4n) is 2.21. The van der Waals surface area contributed by atoms with Gasteiger partial charge in [-0.15, -0.1) is 11.3 Å². The highest BCUT2D eigenvalue weighted by atomic mass is 32.1. The molecular formula is C13H19NO3S. The molecule has 1 fully saturated rings. The predicted molar refractivity (Wildman–Crippen MR) is 70.3 cm³/mol. The van der Waals surface area contributed by atoms with Crippen molar-refractivity contribution in [3.05, 3.63) is 15.6 Å². The Morgan fingerprint density at radius 3 is 2.67 bits per heavy atom. The van der Waals surface area contributed by atoms with Crippen molar-refractivity contribution in [2.24, 2.45) is 0 Å². The number of carboxylic acid groups (broad SMARTS) is 1. The first kappa shape index (κ1) is 13.5. The average Bonchev–Trinajstić information content (AvgIpc) is 2.75. The lowest BCUT2D eigenvalue weighted by Crippen LogP contribution is -2.30. The molecule has 1 aromatic heterocycles. The molecule has 1 N–H and O–H groups in total. The summed E-state index contributed by atoms with van der Waals surface area (Å²) in [6.45, 7) is 6.68. The first-order valence-electron chi connectivity index (χ1n) is 6.32. The fraction of sp³-hybridized carbons (Fsp3) is 0.692. The fourth-order valence-corrected chi connectivity index (χ4v) is 3.39. The Morgan fingerprint density at radius 1 is 1.50 bits per heavy atom. The van der Waals surface area contributed by atoms with E-state index in [1.54, 1.807) is 0 Å². The molecule has 2 heterocycles. The number of ether oxygens (including phenoxy) is 1. The highest BCUT2D eigenvalue weighted by Crippen LogP contribution is 2.39. The molecule has 1 atom stereocenters. The summed E-state index contributed by atoms with van der Waals surface area (Å²) in [7, 11) is 0. The molecule has 1 aliphatic rings. The second kappa shape index (κ2) is 4.97. The number of carbonyl (C=O) groups is 1. The number of thiazole rings is 1. The molecule has 1 unspecified atom stereocenters. The van der Waals surface area contributed by atoms with Crippen LogP contribution in [0.1, 0.15) is 66.3 Å². The monoisotopic (exact) mass is 269 g/mol. The van der Waals surface area contributed by atoms with Crippen LogP contribution in [0.3, 0.4) is 0 Å². The Morgan fingerprint density at radius 2 is 2.22 bits per heavy atom. The minimum atomic E-state index is -0.887. The van der Waals surface area contributed by atoms with E-state index in [9.17, 15) is 9.90 Å². The summed E-state index contributed by atoms with van der Waals surface area (Å²) in [5.41, 5.74) is 0.276. The van der Waals surface area contributed by atoms with Gasteiger partial charge >= 0.3 is 5.97 Å². The van der Waals surface area contributed by atoms with Crippen molar-refractivity contribution in [3.8, 4) is 0 Å². The van der Waals surface area contributed by atoms with Gasteiger partial charge in [0.25, 0.3) is 0 Å². The molecule has 1 saturated heterocycles. The van der Waals surface area contributed by atoms with E-state index in [0.717, 1.165) is 30.9 Å². The molecule has 0 amide bonds. The molecule has 0 radical (unpaired) electrons. The largest absolute Gasteiger partial charge is 0.477 e. The van der Waals surface area contributed by atoms with Crippen molar-refractivity contribution in [2.45, 2.75) is 51.6 Å². The molecule has 0 bridgehead atoms. The average molecular weight is 269 g/mol. The zero-order valence-electron chi connectivity index (χ0n) is 11.0. The van der Waals surface area contributed by atoms with Gasteiger partial charge in [-0.25, -0.2) is 9.78 Å². The van der Waals surface area contributed by atoms with Gasteiger partial charge in [0.05, 0.1) is 5.69 Å². The summed E-state index contributed by atoms with van der Waals surface area (Å²) in [5.74, 6) is -0.768. The second-order valence-corrected chi connectivity index (χ2v) is 6.23. The topological polar surface area (TPSA) is 59.4 Å². The minimum absolute atomic E-state index is 0.119. The zero-order chi connectivity index (χ0) is 13.3. The van der Waals surface area contributed by atoms with Crippen LogP contribution in [0.5, 0.6) is 0 Å². The van der Waals surface area contributed by atoms with Crippen molar-refractivity contribution >= 4 is 17.3 Å². The Hall–Kier alpha value is -0.940. The summed E-state index contributed by atoms with van der Waals surface area (Å²) < 4.78 is 5.83. The third kappa shape index (κ3) is 2.42. The first-order chi connectivity index (χ1) is 8.44. The number of carboxylic acids is 1. The maximum Gasteiger partial charge on any atom is 0.347 e. The molecule has 0 saturated carbocycles. The van der Waals surface area contributed by atoms with E-state index in [-0.39, 0.29) is 5.92 Å². The van der Waals surface area contributed by atoms with Crippen LogP contribution in [0, 0.1) is 0 Å². The Labute approximate surface area is 111 Å². The highest BCUT2D eigenvalue weighted by molar-refractivity contribution is 7.13. The number of hydrogen-bond donors (Lipinski definition) is 1. The Kier molecular flexibility index (Phi) is 3.73. The maximum absolute atomic E-state index is 11.3. The summed E-state index contributed by atoms with van der Waals surface area (Å²) in [4.78, 5) is 16.2. The van der Waals surface area contributed by atoms with E-state index < -0.39 is 11.6 Å². The quantitative estimate of drug-likeness (QED) is 0.913. The lowest BCUT2D eigenvalue weighted by atomic mass is 9.96. The zero-order valence-corrected chi connectivity index (χ0v) is 11.8. The normalized spacial score (nSPS) is 24.4. The SMILES string of the molecule is CC(C)c1nc(C2(C)CCCCO2)sc1C(=O)O. The van der Waals surface area contributed by atoms with Gasteiger partial charge < -0.3 is 9.84 Å². The van der Waals surface area contributed by atoms with E-state index in [0.29, 0.717) is 10.6 Å². The molecule has 1 aromatic rings. The Balaban J connectivity index is 2.39. The van der Waals surface area contributed by atoms with Crippen LogP contribution in [0.25, 0.3) is 0 Å². The van der Waals surface area contributed by atoms with E-state index in [1.807, 2.05) is 20.8 Å². The molecule has 1 aliphatic heterocycles. The molecule has 5 heteroatoms. The van der Waals surface area contributed by atoms with Gasteiger partial charge in [-0.2, -0.15) is 0 Å². The predicted octanol–water partition coefficient (Wildman–Crippen LogP) is 3.38. The molecule has 2 rings (SSSR count). The number of aromatic nitrogens is 1. The lowest BCUT2D eigenvalue weighted by molar-refractivity contribution is -0.0702. The van der Waals surface area contributed by atoms with Gasteiger partial charge in [0, 0.05) is 6.61 Å². The van der Waals surface area contributed by atoms with Crippen LogP contribution in [0.15, 0.2) is 0 Å². The maximum atomic E-state index is 11.3. The van der Waals surface area contributed by atoms with E-state index in [2.05, 4.69) is 4.98 Å². The summed E-state index contributed by atoms with van der Waals surface area (Å²) in [6, 6.07) is 0. The van der Waals surface area contributed by atoms with E-state index in [1.165, 1.54) is 11.3 Å². The second-order valence-electron chi connectivity index (χ2n) is 5.23. The van der Waals surface area contributed by atoms with Gasteiger partial charge in [-0.05, 0) is 32.1 Å². The van der Waals surface area contributed by atoms with Crippen LogP contribution in [0.2, 0.25) is 0 Å². The standard InChI is InChI=1S/C13H19NO3S/c1-8(2)9-10(11(15)16)18-12(14-9)13(3)6-4-5-7-17-13/h8H,4-7H2,1-3H3,(H,15,16). The summed E-state index contributed by atoms with van der Waals surface area (Å²) >= 11 is 1.27.